The normalized spacial score (nSPS) is 13.6. The van der Waals surface area contributed by atoms with E-state index in [9.17, 15) is 4.79 Å². The van der Waals surface area contributed by atoms with Gasteiger partial charge in [-0.25, -0.2) is 0 Å². The minimum absolute atomic E-state index is 0.0147. The van der Waals surface area contributed by atoms with Crippen molar-refractivity contribution in [3.63, 3.8) is 0 Å². The second-order valence-electron chi connectivity index (χ2n) is 5.30. The first-order valence-corrected chi connectivity index (χ1v) is 7.30. The van der Waals surface area contributed by atoms with E-state index < -0.39 is 0 Å². The van der Waals surface area contributed by atoms with E-state index in [1.807, 2.05) is 49.4 Å². The molecule has 2 atom stereocenters. The van der Waals surface area contributed by atoms with Gasteiger partial charge >= 0.3 is 0 Å². The standard InChI is InChI=1S/C17H22N2O2/c1-13(18)7-5-11-16(20)19-17(15-10-6-12-21-15)14-8-3-2-4-9-14/h2-4,6,8-10,12-13,17H,5,7,11,18H2,1H3,(H,19,20). The Labute approximate surface area is 125 Å². The second-order valence-corrected chi connectivity index (χ2v) is 5.30. The van der Waals surface area contributed by atoms with E-state index in [1.54, 1.807) is 6.26 Å². The Morgan fingerprint density at radius 1 is 1.24 bits per heavy atom. The molecule has 1 aromatic heterocycles. The second kappa shape index (κ2) is 7.64. The molecule has 2 unspecified atom stereocenters. The molecule has 0 saturated heterocycles. The average molecular weight is 286 g/mol. The topological polar surface area (TPSA) is 68.3 Å². The van der Waals surface area contributed by atoms with Crippen LogP contribution in [0.5, 0.6) is 0 Å². The van der Waals surface area contributed by atoms with Gasteiger partial charge in [0.25, 0.3) is 0 Å². The fraction of sp³-hybridized carbons (Fsp3) is 0.353. The molecule has 4 nitrogen and oxygen atoms in total. The number of furan rings is 1. The van der Waals surface area contributed by atoms with Gasteiger partial charge in [-0.05, 0) is 37.5 Å². The lowest BCUT2D eigenvalue weighted by atomic mass is 10.0. The van der Waals surface area contributed by atoms with Crippen LogP contribution in [0.25, 0.3) is 0 Å². The predicted molar refractivity (Wildman–Crippen MR) is 82.6 cm³/mol. The average Bonchev–Trinajstić information content (AvgIpc) is 2.99. The Hall–Kier alpha value is -2.07. The number of benzene rings is 1. The molecule has 112 valence electrons. The third kappa shape index (κ3) is 4.76. The lowest BCUT2D eigenvalue weighted by Crippen LogP contribution is -2.29. The summed E-state index contributed by atoms with van der Waals surface area (Å²) < 4.78 is 5.46. The quantitative estimate of drug-likeness (QED) is 0.822. The van der Waals surface area contributed by atoms with Crippen LogP contribution >= 0.6 is 0 Å². The zero-order valence-electron chi connectivity index (χ0n) is 12.3. The summed E-state index contributed by atoms with van der Waals surface area (Å²) in [5.74, 6) is 0.752. The first-order chi connectivity index (χ1) is 10.2. The minimum Gasteiger partial charge on any atom is -0.467 e. The fourth-order valence-corrected chi connectivity index (χ4v) is 2.24. The Morgan fingerprint density at radius 2 is 2.00 bits per heavy atom. The molecule has 3 N–H and O–H groups in total. The molecule has 0 aliphatic rings. The van der Waals surface area contributed by atoms with Gasteiger partial charge in [-0.1, -0.05) is 30.3 Å². The van der Waals surface area contributed by atoms with Crippen molar-refractivity contribution in [1.29, 1.82) is 0 Å². The Morgan fingerprint density at radius 3 is 2.62 bits per heavy atom. The summed E-state index contributed by atoms with van der Waals surface area (Å²) in [6, 6.07) is 13.4. The molecule has 0 spiro atoms. The minimum atomic E-state index is -0.246. The van der Waals surface area contributed by atoms with E-state index in [4.69, 9.17) is 10.2 Å². The monoisotopic (exact) mass is 286 g/mol. The molecule has 4 heteroatoms. The molecule has 0 fully saturated rings. The molecule has 0 aliphatic heterocycles. The molecular weight excluding hydrogens is 264 g/mol. The number of nitrogens with one attached hydrogen (secondary N) is 1. The number of carbonyl (C=O) groups excluding carboxylic acids is 1. The number of hydrogen-bond donors (Lipinski definition) is 2. The van der Waals surface area contributed by atoms with E-state index in [2.05, 4.69) is 5.32 Å². The highest BCUT2D eigenvalue weighted by Gasteiger charge is 2.18. The number of amides is 1. The highest BCUT2D eigenvalue weighted by molar-refractivity contribution is 5.76. The van der Waals surface area contributed by atoms with Crippen LogP contribution in [-0.4, -0.2) is 11.9 Å². The van der Waals surface area contributed by atoms with Crippen LogP contribution in [0.1, 0.15) is 43.6 Å². The van der Waals surface area contributed by atoms with Gasteiger partial charge in [0.05, 0.1) is 6.26 Å². The molecule has 2 rings (SSSR count). The van der Waals surface area contributed by atoms with Crippen molar-refractivity contribution >= 4 is 5.91 Å². The van der Waals surface area contributed by atoms with Gasteiger partial charge in [-0.2, -0.15) is 0 Å². The van der Waals surface area contributed by atoms with Crippen LogP contribution in [0.4, 0.5) is 0 Å². The summed E-state index contributed by atoms with van der Waals surface area (Å²) in [4.78, 5) is 12.1. The molecule has 1 amide bonds. The maximum Gasteiger partial charge on any atom is 0.220 e. The molecule has 1 heterocycles. The van der Waals surface area contributed by atoms with Crippen LogP contribution in [0.3, 0.4) is 0 Å². The van der Waals surface area contributed by atoms with E-state index in [1.165, 1.54) is 0 Å². The van der Waals surface area contributed by atoms with Gasteiger partial charge in [0.15, 0.2) is 0 Å². The van der Waals surface area contributed by atoms with Gasteiger partial charge in [0, 0.05) is 12.5 Å². The molecule has 0 saturated carbocycles. The van der Waals surface area contributed by atoms with Gasteiger partial charge in [-0.3, -0.25) is 4.79 Å². The third-order valence-electron chi connectivity index (χ3n) is 3.33. The van der Waals surface area contributed by atoms with Gasteiger partial charge in [-0.15, -0.1) is 0 Å². The summed E-state index contributed by atoms with van der Waals surface area (Å²) in [6.07, 6.45) is 3.74. The van der Waals surface area contributed by atoms with Crippen LogP contribution in [0.15, 0.2) is 53.1 Å². The van der Waals surface area contributed by atoms with Crippen LogP contribution in [0, 0.1) is 0 Å². The summed E-state index contributed by atoms with van der Waals surface area (Å²) in [5, 5.41) is 3.04. The third-order valence-corrected chi connectivity index (χ3v) is 3.33. The van der Waals surface area contributed by atoms with E-state index in [0.29, 0.717) is 6.42 Å². The summed E-state index contributed by atoms with van der Waals surface area (Å²) in [7, 11) is 0. The molecule has 0 bridgehead atoms. The lowest BCUT2D eigenvalue weighted by Gasteiger charge is -2.17. The number of carbonyl (C=O) groups is 1. The van der Waals surface area contributed by atoms with Crippen molar-refractivity contribution in [2.45, 2.75) is 38.3 Å². The SMILES string of the molecule is CC(N)CCCC(=O)NC(c1ccccc1)c1ccco1. The summed E-state index contributed by atoms with van der Waals surface area (Å²) >= 11 is 0. The zero-order chi connectivity index (χ0) is 15.1. The highest BCUT2D eigenvalue weighted by atomic mass is 16.3. The van der Waals surface area contributed by atoms with E-state index >= 15 is 0 Å². The Balaban J connectivity index is 2.02. The van der Waals surface area contributed by atoms with Crippen molar-refractivity contribution in [3.8, 4) is 0 Å². The predicted octanol–water partition coefficient (Wildman–Crippen LogP) is 3.00. The highest BCUT2D eigenvalue weighted by Crippen LogP contribution is 2.22. The molecular formula is C17H22N2O2. The molecule has 0 aliphatic carbocycles. The van der Waals surface area contributed by atoms with Crippen molar-refractivity contribution in [3.05, 3.63) is 60.1 Å². The summed E-state index contributed by atoms with van der Waals surface area (Å²) in [6.45, 7) is 1.95. The molecule has 21 heavy (non-hydrogen) atoms. The van der Waals surface area contributed by atoms with Crippen molar-refractivity contribution in [1.82, 2.24) is 5.32 Å². The number of hydrogen-bond acceptors (Lipinski definition) is 3. The van der Waals surface area contributed by atoms with Crippen LogP contribution in [-0.2, 0) is 4.79 Å². The Bertz CT molecular complexity index is 535. The maximum absolute atomic E-state index is 12.1. The van der Waals surface area contributed by atoms with Crippen molar-refractivity contribution < 1.29 is 9.21 Å². The van der Waals surface area contributed by atoms with E-state index in [-0.39, 0.29) is 18.0 Å². The first kappa shape index (κ1) is 15.3. The smallest absolute Gasteiger partial charge is 0.220 e. The van der Waals surface area contributed by atoms with Crippen LogP contribution in [0.2, 0.25) is 0 Å². The van der Waals surface area contributed by atoms with Crippen LogP contribution < -0.4 is 11.1 Å². The molecule has 2 aromatic rings. The van der Waals surface area contributed by atoms with E-state index in [0.717, 1.165) is 24.2 Å². The Kier molecular flexibility index (Phi) is 5.58. The number of rotatable bonds is 7. The van der Waals surface area contributed by atoms with Gasteiger partial charge in [0.2, 0.25) is 5.91 Å². The van der Waals surface area contributed by atoms with Gasteiger partial charge in [0.1, 0.15) is 11.8 Å². The van der Waals surface area contributed by atoms with Crippen molar-refractivity contribution in [2.75, 3.05) is 0 Å². The zero-order valence-corrected chi connectivity index (χ0v) is 12.3. The lowest BCUT2D eigenvalue weighted by molar-refractivity contribution is -0.121. The van der Waals surface area contributed by atoms with Crippen molar-refractivity contribution in [2.24, 2.45) is 5.73 Å². The molecule has 1 aromatic carbocycles. The number of nitrogens with two attached hydrogens (primary N) is 1. The fourth-order valence-electron chi connectivity index (χ4n) is 2.24. The summed E-state index contributed by atoms with van der Waals surface area (Å²) in [5.41, 5.74) is 6.71. The largest absolute Gasteiger partial charge is 0.467 e. The molecule has 0 radical (unpaired) electrons. The van der Waals surface area contributed by atoms with Gasteiger partial charge < -0.3 is 15.5 Å². The maximum atomic E-state index is 12.1. The first-order valence-electron chi connectivity index (χ1n) is 7.30.